The van der Waals surface area contributed by atoms with Crippen molar-refractivity contribution in [1.82, 2.24) is 10.9 Å². The number of hydrogen-bond donors (Lipinski definition) is 3. The van der Waals surface area contributed by atoms with Crippen LogP contribution in [0.3, 0.4) is 0 Å². The molecule has 3 amide bonds. The molecule has 3 N–H and O–H groups in total. The minimum atomic E-state index is -0.782. The van der Waals surface area contributed by atoms with Gasteiger partial charge in [0.25, 0.3) is 5.91 Å². The zero-order valence-electron chi connectivity index (χ0n) is 12.2. The van der Waals surface area contributed by atoms with Gasteiger partial charge >= 0.3 is 6.03 Å². The Balaban J connectivity index is 1.93. The van der Waals surface area contributed by atoms with Gasteiger partial charge in [0, 0.05) is 11.3 Å². The SMILES string of the molecule is CC(=O)c1cccc(NC(=O)NNC(=O)c2ccccc2F)c1. The van der Waals surface area contributed by atoms with Crippen LogP contribution in [0.15, 0.2) is 48.5 Å². The van der Waals surface area contributed by atoms with Crippen molar-refractivity contribution in [3.63, 3.8) is 0 Å². The van der Waals surface area contributed by atoms with E-state index in [4.69, 9.17) is 0 Å². The van der Waals surface area contributed by atoms with Crippen LogP contribution in [0.25, 0.3) is 0 Å². The standard InChI is InChI=1S/C16H14FN3O3/c1-10(21)11-5-4-6-12(9-11)18-16(23)20-19-15(22)13-7-2-3-8-14(13)17/h2-9H,1H3,(H,19,22)(H2,18,20,23). The Bertz CT molecular complexity index is 762. The first kappa shape index (κ1) is 16.2. The van der Waals surface area contributed by atoms with Crippen LogP contribution in [0.5, 0.6) is 0 Å². The summed E-state index contributed by atoms with van der Waals surface area (Å²) in [5.74, 6) is -1.61. The number of benzene rings is 2. The molecular formula is C16H14FN3O3. The molecule has 0 saturated carbocycles. The molecule has 0 unspecified atom stereocenters. The molecule has 0 aliphatic rings. The van der Waals surface area contributed by atoms with Crippen molar-refractivity contribution in [1.29, 1.82) is 0 Å². The summed E-state index contributed by atoms with van der Waals surface area (Å²) in [6, 6.07) is 11.0. The molecule has 0 aliphatic heterocycles. The smallest absolute Gasteiger partial charge is 0.307 e. The molecule has 0 bridgehead atoms. The van der Waals surface area contributed by atoms with Gasteiger partial charge in [0.05, 0.1) is 5.56 Å². The van der Waals surface area contributed by atoms with Crippen LogP contribution in [-0.2, 0) is 0 Å². The summed E-state index contributed by atoms with van der Waals surface area (Å²) < 4.78 is 13.4. The predicted octanol–water partition coefficient (Wildman–Crippen LogP) is 2.49. The summed E-state index contributed by atoms with van der Waals surface area (Å²) in [6.07, 6.45) is 0. The molecule has 0 saturated heterocycles. The largest absolute Gasteiger partial charge is 0.337 e. The van der Waals surface area contributed by atoms with Crippen LogP contribution in [0.4, 0.5) is 14.9 Å². The number of ketones is 1. The first-order valence-corrected chi connectivity index (χ1v) is 6.70. The van der Waals surface area contributed by atoms with Crippen LogP contribution >= 0.6 is 0 Å². The molecule has 0 heterocycles. The maximum atomic E-state index is 13.4. The Morgan fingerprint density at radius 3 is 2.39 bits per heavy atom. The van der Waals surface area contributed by atoms with E-state index < -0.39 is 17.8 Å². The van der Waals surface area contributed by atoms with Crippen LogP contribution in [0, 0.1) is 5.82 Å². The second-order valence-electron chi connectivity index (χ2n) is 4.65. The molecule has 7 heteroatoms. The lowest BCUT2D eigenvalue weighted by molar-refractivity contribution is 0.0933. The van der Waals surface area contributed by atoms with Crippen LogP contribution in [0.2, 0.25) is 0 Å². The molecule has 0 aromatic heterocycles. The van der Waals surface area contributed by atoms with Gasteiger partial charge in [0.2, 0.25) is 0 Å². The molecule has 2 rings (SSSR count). The number of halogens is 1. The van der Waals surface area contributed by atoms with E-state index in [1.807, 2.05) is 0 Å². The van der Waals surface area contributed by atoms with Crippen LogP contribution in [0.1, 0.15) is 27.6 Å². The lowest BCUT2D eigenvalue weighted by Gasteiger charge is -2.10. The summed E-state index contributed by atoms with van der Waals surface area (Å²) >= 11 is 0. The molecular weight excluding hydrogens is 301 g/mol. The number of urea groups is 1. The summed E-state index contributed by atoms with van der Waals surface area (Å²) in [6.45, 7) is 1.41. The molecule has 0 aliphatic carbocycles. The highest BCUT2D eigenvalue weighted by atomic mass is 19.1. The molecule has 0 fully saturated rings. The minimum Gasteiger partial charge on any atom is -0.307 e. The highest BCUT2D eigenvalue weighted by Gasteiger charge is 2.11. The van der Waals surface area contributed by atoms with Gasteiger partial charge in [0.1, 0.15) is 5.82 Å². The van der Waals surface area contributed by atoms with Gasteiger partial charge < -0.3 is 5.32 Å². The van der Waals surface area contributed by atoms with Crippen LogP contribution in [-0.4, -0.2) is 17.7 Å². The van der Waals surface area contributed by atoms with E-state index in [1.54, 1.807) is 18.2 Å². The van der Waals surface area contributed by atoms with E-state index in [1.165, 1.54) is 31.2 Å². The van der Waals surface area contributed by atoms with Crippen molar-refractivity contribution in [3.8, 4) is 0 Å². The number of hydrazine groups is 1. The van der Waals surface area contributed by atoms with Crippen molar-refractivity contribution in [2.75, 3.05) is 5.32 Å². The molecule has 0 atom stereocenters. The van der Waals surface area contributed by atoms with E-state index in [2.05, 4.69) is 16.2 Å². The summed E-state index contributed by atoms with van der Waals surface area (Å²) in [5.41, 5.74) is 4.83. The van der Waals surface area contributed by atoms with Crippen molar-refractivity contribution in [2.45, 2.75) is 6.92 Å². The second kappa shape index (κ2) is 7.17. The van der Waals surface area contributed by atoms with Crippen molar-refractivity contribution >= 4 is 23.4 Å². The van der Waals surface area contributed by atoms with Crippen molar-refractivity contribution in [2.24, 2.45) is 0 Å². The van der Waals surface area contributed by atoms with Crippen LogP contribution < -0.4 is 16.2 Å². The number of nitrogens with one attached hydrogen (secondary N) is 3. The van der Waals surface area contributed by atoms with Crippen molar-refractivity contribution < 1.29 is 18.8 Å². The summed E-state index contributed by atoms with van der Waals surface area (Å²) in [4.78, 5) is 34.7. The second-order valence-corrected chi connectivity index (χ2v) is 4.65. The number of Topliss-reactive ketones (excluding diaryl/α,β-unsaturated/α-hetero) is 1. The lowest BCUT2D eigenvalue weighted by atomic mass is 10.1. The number of hydrogen-bond acceptors (Lipinski definition) is 3. The quantitative estimate of drug-likeness (QED) is 0.601. The fourth-order valence-electron chi connectivity index (χ4n) is 1.80. The fourth-order valence-corrected chi connectivity index (χ4v) is 1.80. The highest BCUT2D eigenvalue weighted by molar-refractivity contribution is 5.98. The van der Waals surface area contributed by atoms with Gasteiger partial charge in [-0.1, -0.05) is 24.3 Å². The number of anilines is 1. The zero-order chi connectivity index (χ0) is 16.8. The zero-order valence-corrected chi connectivity index (χ0v) is 12.2. The first-order valence-electron chi connectivity index (χ1n) is 6.70. The number of carbonyl (C=O) groups excluding carboxylic acids is 3. The topological polar surface area (TPSA) is 87.3 Å². The molecule has 2 aromatic carbocycles. The third kappa shape index (κ3) is 4.37. The molecule has 2 aromatic rings. The molecule has 118 valence electrons. The Kier molecular flexibility index (Phi) is 5.03. The van der Waals surface area contributed by atoms with Gasteiger partial charge in [-0.15, -0.1) is 0 Å². The van der Waals surface area contributed by atoms with Crippen molar-refractivity contribution in [3.05, 3.63) is 65.5 Å². The average Bonchev–Trinajstić information content (AvgIpc) is 2.53. The number of carbonyl (C=O) groups is 3. The van der Waals surface area contributed by atoms with E-state index >= 15 is 0 Å². The summed E-state index contributed by atoms with van der Waals surface area (Å²) in [7, 11) is 0. The van der Waals surface area contributed by atoms with E-state index in [0.717, 1.165) is 6.07 Å². The first-order chi connectivity index (χ1) is 11.0. The molecule has 0 radical (unpaired) electrons. The lowest BCUT2D eigenvalue weighted by Crippen LogP contribution is -2.44. The van der Waals surface area contributed by atoms with Gasteiger partial charge in [-0.05, 0) is 31.2 Å². The monoisotopic (exact) mass is 315 g/mol. The number of rotatable bonds is 3. The third-order valence-corrected chi connectivity index (χ3v) is 2.94. The molecule has 6 nitrogen and oxygen atoms in total. The maximum Gasteiger partial charge on any atom is 0.337 e. The predicted molar refractivity (Wildman–Crippen MR) is 82.5 cm³/mol. The molecule has 23 heavy (non-hydrogen) atoms. The van der Waals surface area contributed by atoms with E-state index in [9.17, 15) is 18.8 Å². The molecule has 0 spiro atoms. The minimum absolute atomic E-state index is 0.137. The van der Waals surface area contributed by atoms with Gasteiger partial charge in [-0.3, -0.25) is 15.0 Å². The van der Waals surface area contributed by atoms with Gasteiger partial charge in [0.15, 0.2) is 5.78 Å². The van der Waals surface area contributed by atoms with Gasteiger partial charge in [-0.2, -0.15) is 0 Å². The maximum absolute atomic E-state index is 13.4. The fraction of sp³-hybridized carbons (Fsp3) is 0.0625. The third-order valence-electron chi connectivity index (χ3n) is 2.94. The number of amides is 3. The Labute approximate surface area is 131 Å². The Morgan fingerprint density at radius 2 is 1.70 bits per heavy atom. The van der Waals surface area contributed by atoms with Gasteiger partial charge in [-0.25, -0.2) is 14.6 Å². The Hall–Kier alpha value is -3.22. The van der Waals surface area contributed by atoms with E-state index in [-0.39, 0.29) is 11.3 Å². The highest BCUT2D eigenvalue weighted by Crippen LogP contribution is 2.11. The normalized spacial score (nSPS) is 9.83. The van der Waals surface area contributed by atoms with E-state index in [0.29, 0.717) is 11.3 Å². The summed E-state index contributed by atoms with van der Waals surface area (Å²) in [5, 5.41) is 2.45. The Morgan fingerprint density at radius 1 is 0.957 bits per heavy atom. The average molecular weight is 315 g/mol.